The standard InChI is InChI=1S/C13H19BrN2O/c14-13-4-3-12(9-16-13)10-17-7-5-11-2-1-6-15-8-11/h3-4,9,11,15H,1-2,5-8,10H2/t11-/m0/s1. The third-order valence-corrected chi connectivity index (χ3v) is 3.60. The molecule has 1 atom stereocenters. The Morgan fingerprint density at radius 1 is 1.47 bits per heavy atom. The van der Waals surface area contributed by atoms with Gasteiger partial charge in [-0.15, -0.1) is 0 Å². The molecule has 0 saturated carbocycles. The summed E-state index contributed by atoms with van der Waals surface area (Å²) in [4.78, 5) is 4.17. The lowest BCUT2D eigenvalue weighted by molar-refractivity contribution is 0.103. The number of halogens is 1. The van der Waals surface area contributed by atoms with E-state index >= 15 is 0 Å². The number of piperidine rings is 1. The summed E-state index contributed by atoms with van der Waals surface area (Å²) in [6.45, 7) is 3.86. The maximum atomic E-state index is 5.68. The minimum absolute atomic E-state index is 0.667. The largest absolute Gasteiger partial charge is 0.377 e. The lowest BCUT2D eigenvalue weighted by Crippen LogP contribution is -2.30. The Bertz CT molecular complexity index is 323. The Morgan fingerprint density at radius 2 is 2.41 bits per heavy atom. The number of nitrogens with zero attached hydrogens (tertiary/aromatic N) is 1. The fourth-order valence-electron chi connectivity index (χ4n) is 2.10. The van der Waals surface area contributed by atoms with Crippen LogP contribution in [0.25, 0.3) is 0 Å². The molecule has 0 bridgehead atoms. The second kappa shape index (κ2) is 7.09. The molecule has 3 nitrogen and oxygen atoms in total. The smallest absolute Gasteiger partial charge is 0.106 e. The first-order chi connectivity index (χ1) is 8.34. The Labute approximate surface area is 111 Å². The molecule has 2 rings (SSSR count). The second-order valence-electron chi connectivity index (χ2n) is 4.54. The van der Waals surface area contributed by atoms with Gasteiger partial charge in [-0.25, -0.2) is 4.98 Å². The first-order valence-electron chi connectivity index (χ1n) is 6.23. The Morgan fingerprint density at radius 3 is 3.12 bits per heavy atom. The van der Waals surface area contributed by atoms with Gasteiger partial charge < -0.3 is 10.1 Å². The highest BCUT2D eigenvalue weighted by Crippen LogP contribution is 2.14. The molecule has 1 saturated heterocycles. The van der Waals surface area contributed by atoms with Crippen LogP contribution in [-0.2, 0) is 11.3 Å². The molecule has 4 heteroatoms. The van der Waals surface area contributed by atoms with Gasteiger partial charge in [0.1, 0.15) is 4.60 Å². The first-order valence-corrected chi connectivity index (χ1v) is 7.03. The average Bonchev–Trinajstić information content (AvgIpc) is 2.38. The molecule has 1 aliphatic heterocycles. The van der Waals surface area contributed by atoms with Crippen molar-refractivity contribution in [2.75, 3.05) is 19.7 Å². The van der Waals surface area contributed by atoms with E-state index < -0.39 is 0 Å². The Hall–Kier alpha value is -0.450. The number of aromatic nitrogens is 1. The zero-order valence-corrected chi connectivity index (χ0v) is 11.6. The van der Waals surface area contributed by atoms with Crippen molar-refractivity contribution >= 4 is 15.9 Å². The molecule has 0 amide bonds. The zero-order valence-electron chi connectivity index (χ0n) is 9.99. The van der Waals surface area contributed by atoms with Gasteiger partial charge in [-0.3, -0.25) is 0 Å². The predicted octanol–water partition coefficient (Wildman–Crippen LogP) is 2.75. The van der Waals surface area contributed by atoms with Crippen molar-refractivity contribution in [3.05, 3.63) is 28.5 Å². The van der Waals surface area contributed by atoms with Crippen LogP contribution in [0.5, 0.6) is 0 Å². The molecular formula is C13H19BrN2O. The summed E-state index contributed by atoms with van der Waals surface area (Å²) in [6, 6.07) is 3.99. The van der Waals surface area contributed by atoms with Crippen molar-refractivity contribution in [2.45, 2.75) is 25.9 Å². The maximum absolute atomic E-state index is 5.68. The van der Waals surface area contributed by atoms with Gasteiger partial charge in [-0.05, 0) is 65.8 Å². The van der Waals surface area contributed by atoms with Crippen LogP contribution in [0.1, 0.15) is 24.8 Å². The monoisotopic (exact) mass is 298 g/mol. The lowest BCUT2D eigenvalue weighted by Gasteiger charge is -2.22. The number of pyridine rings is 1. The highest BCUT2D eigenvalue weighted by Gasteiger charge is 2.12. The summed E-state index contributed by atoms with van der Waals surface area (Å²) < 4.78 is 6.55. The minimum atomic E-state index is 0.667. The predicted molar refractivity (Wildman–Crippen MR) is 71.8 cm³/mol. The summed E-state index contributed by atoms with van der Waals surface area (Å²) in [6.07, 6.45) is 5.67. The van der Waals surface area contributed by atoms with Gasteiger partial charge >= 0.3 is 0 Å². The summed E-state index contributed by atoms with van der Waals surface area (Å²) >= 11 is 3.32. The highest BCUT2D eigenvalue weighted by atomic mass is 79.9. The molecule has 0 unspecified atom stereocenters. The molecule has 0 radical (unpaired) electrons. The third kappa shape index (κ3) is 4.74. The Balaban J connectivity index is 1.60. The van der Waals surface area contributed by atoms with Crippen LogP contribution in [0.3, 0.4) is 0 Å². The van der Waals surface area contributed by atoms with E-state index in [4.69, 9.17) is 4.74 Å². The van der Waals surface area contributed by atoms with Gasteiger partial charge in [0.15, 0.2) is 0 Å². The van der Waals surface area contributed by atoms with Crippen LogP contribution in [0.2, 0.25) is 0 Å². The summed E-state index contributed by atoms with van der Waals surface area (Å²) in [7, 11) is 0. The van der Waals surface area contributed by atoms with Gasteiger partial charge in [0.25, 0.3) is 0 Å². The van der Waals surface area contributed by atoms with Crippen molar-refractivity contribution in [2.24, 2.45) is 5.92 Å². The molecule has 94 valence electrons. The van der Waals surface area contributed by atoms with Crippen LogP contribution in [0, 0.1) is 5.92 Å². The van der Waals surface area contributed by atoms with E-state index in [2.05, 4.69) is 26.2 Å². The molecule has 1 aromatic heterocycles. The molecular weight excluding hydrogens is 280 g/mol. The number of hydrogen-bond donors (Lipinski definition) is 1. The fourth-order valence-corrected chi connectivity index (χ4v) is 2.34. The van der Waals surface area contributed by atoms with Crippen molar-refractivity contribution in [3.63, 3.8) is 0 Å². The van der Waals surface area contributed by atoms with Crippen LogP contribution >= 0.6 is 15.9 Å². The topological polar surface area (TPSA) is 34.1 Å². The lowest BCUT2D eigenvalue weighted by atomic mass is 9.97. The van der Waals surface area contributed by atoms with Crippen molar-refractivity contribution in [1.82, 2.24) is 10.3 Å². The molecule has 1 aromatic rings. The highest BCUT2D eigenvalue weighted by molar-refractivity contribution is 9.10. The van der Waals surface area contributed by atoms with Crippen molar-refractivity contribution in [1.29, 1.82) is 0 Å². The molecule has 0 aliphatic carbocycles. The zero-order chi connectivity index (χ0) is 11.9. The quantitative estimate of drug-likeness (QED) is 0.670. The van der Waals surface area contributed by atoms with Crippen LogP contribution in [-0.4, -0.2) is 24.7 Å². The number of rotatable bonds is 5. The van der Waals surface area contributed by atoms with E-state index in [1.165, 1.54) is 19.4 Å². The molecule has 0 spiro atoms. The first kappa shape index (κ1) is 13.0. The molecule has 1 aliphatic rings. The number of nitrogens with one attached hydrogen (secondary N) is 1. The second-order valence-corrected chi connectivity index (χ2v) is 5.36. The SMILES string of the molecule is Brc1ccc(COCC[C@@H]2CCCNC2)cn1. The van der Waals surface area contributed by atoms with Crippen LogP contribution in [0.4, 0.5) is 0 Å². The molecule has 1 fully saturated rings. The van der Waals surface area contributed by atoms with Crippen molar-refractivity contribution < 1.29 is 4.74 Å². The number of hydrogen-bond acceptors (Lipinski definition) is 3. The van der Waals surface area contributed by atoms with E-state index in [1.54, 1.807) is 0 Å². The summed E-state index contributed by atoms with van der Waals surface area (Å²) in [5, 5.41) is 3.43. The van der Waals surface area contributed by atoms with Gasteiger partial charge in [-0.2, -0.15) is 0 Å². The van der Waals surface area contributed by atoms with E-state index in [0.29, 0.717) is 6.61 Å². The van der Waals surface area contributed by atoms with Crippen LogP contribution in [0.15, 0.2) is 22.9 Å². The average molecular weight is 299 g/mol. The van der Waals surface area contributed by atoms with Gasteiger partial charge in [0.2, 0.25) is 0 Å². The molecule has 0 aromatic carbocycles. The summed E-state index contributed by atoms with van der Waals surface area (Å²) in [5.41, 5.74) is 1.13. The fraction of sp³-hybridized carbons (Fsp3) is 0.615. The normalized spacial score (nSPS) is 20.4. The van der Waals surface area contributed by atoms with Gasteiger partial charge in [-0.1, -0.05) is 6.07 Å². The molecule has 17 heavy (non-hydrogen) atoms. The van der Waals surface area contributed by atoms with Gasteiger partial charge in [0, 0.05) is 12.8 Å². The minimum Gasteiger partial charge on any atom is -0.377 e. The van der Waals surface area contributed by atoms with E-state index in [9.17, 15) is 0 Å². The maximum Gasteiger partial charge on any atom is 0.106 e. The van der Waals surface area contributed by atoms with Crippen molar-refractivity contribution in [3.8, 4) is 0 Å². The van der Waals surface area contributed by atoms with E-state index in [0.717, 1.165) is 35.7 Å². The van der Waals surface area contributed by atoms with Crippen LogP contribution < -0.4 is 5.32 Å². The molecule has 2 heterocycles. The Kier molecular flexibility index (Phi) is 5.42. The molecule has 1 N–H and O–H groups in total. The number of ether oxygens (including phenoxy) is 1. The summed E-state index contributed by atoms with van der Waals surface area (Å²) in [5.74, 6) is 0.798. The van der Waals surface area contributed by atoms with E-state index in [-0.39, 0.29) is 0 Å². The van der Waals surface area contributed by atoms with Gasteiger partial charge in [0.05, 0.1) is 6.61 Å². The third-order valence-electron chi connectivity index (χ3n) is 3.13. The van der Waals surface area contributed by atoms with E-state index in [1.807, 2.05) is 18.3 Å².